The quantitative estimate of drug-likeness (QED) is 0.914. The third kappa shape index (κ3) is 3.20. The van der Waals surface area contributed by atoms with Crippen LogP contribution in [0.4, 0.5) is 0 Å². The Balaban J connectivity index is 1.74. The number of rotatable bonds is 5. The zero-order valence-electron chi connectivity index (χ0n) is 14.9. The predicted octanol–water partition coefficient (Wildman–Crippen LogP) is 2.74. The molecule has 1 aliphatic rings. The van der Waals surface area contributed by atoms with E-state index in [2.05, 4.69) is 39.0 Å². The third-order valence-electron chi connectivity index (χ3n) is 4.78. The molecule has 0 spiro atoms. The standard InChI is InChI=1S/C17H26N6O/c1-11(2)14-9-15(22(4)21-14)17(24)19-12(3)16-20-18-10-23(16)13-7-5-6-8-13/h9-13H,5-8H2,1-4H3,(H,19,24). The van der Waals surface area contributed by atoms with E-state index in [0.717, 1.165) is 24.4 Å². The Morgan fingerprint density at radius 3 is 2.62 bits per heavy atom. The Kier molecular flexibility index (Phi) is 4.69. The first-order chi connectivity index (χ1) is 11.5. The summed E-state index contributed by atoms with van der Waals surface area (Å²) in [6, 6.07) is 2.12. The van der Waals surface area contributed by atoms with Crippen LogP contribution in [0.5, 0.6) is 0 Å². The summed E-state index contributed by atoms with van der Waals surface area (Å²) < 4.78 is 3.76. The van der Waals surface area contributed by atoms with E-state index in [1.807, 2.05) is 13.0 Å². The third-order valence-corrected chi connectivity index (χ3v) is 4.78. The maximum Gasteiger partial charge on any atom is 0.270 e. The minimum absolute atomic E-state index is 0.134. The maximum atomic E-state index is 12.6. The second-order valence-electron chi connectivity index (χ2n) is 6.96. The van der Waals surface area contributed by atoms with Crippen LogP contribution in [0.2, 0.25) is 0 Å². The first-order valence-corrected chi connectivity index (χ1v) is 8.71. The van der Waals surface area contributed by atoms with Gasteiger partial charge in [0.15, 0.2) is 5.82 Å². The van der Waals surface area contributed by atoms with Crippen molar-refractivity contribution in [1.29, 1.82) is 0 Å². The van der Waals surface area contributed by atoms with Crippen molar-refractivity contribution in [1.82, 2.24) is 29.9 Å². The number of hydrogen-bond donors (Lipinski definition) is 1. The lowest BCUT2D eigenvalue weighted by Crippen LogP contribution is -2.30. The van der Waals surface area contributed by atoms with E-state index < -0.39 is 0 Å². The molecule has 130 valence electrons. The average molecular weight is 330 g/mol. The normalized spacial score (nSPS) is 16.7. The van der Waals surface area contributed by atoms with Crippen molar-refractivity contribution in [2.45, 2.75) is 64.5 Å². The second-order valence-corrected chi connectivity index (χ2v) is 6.96. The highest BCUT2D eigenvalue weighted by Crippen LogP contribution is 2.31. The molecule has 2 aromatic heterocycles. The zero-order valence-corrected chi connectivity index (χ0v) is 14.9. The molecule has 2 aromatic rings. The van der Waals surface area contributed by atoms with Gasteiger partial charge in [-0.25, -0.2) is 0 Å². The van der Waals surface area contributed by atoms with Crippen molar-refractivity contribution in [2.75, 3.05) is 0 Å². The van der Waals surface area contributed by atoms with Crippen LogP contribution in [0, 0.1) is 0 Å². The lowest BCUT2D eigenvalue weighted by Gasteiger charge is -2.18. The largest absolute Gasteiger partial charge is 0.341 e. The molecular formula is C17H26N6O. The molecule has 1 N–H and O–H groups in total. The smallest absolute Gasteiger partial charge is 0.270 e. The summed E-state index contributed by atoms with van der Waals surface area (Å²) in [4.78, 5) is 12.6. The van der Waals surface area contributed by atoms with Gasteiger partial charge in [-0.1, -0.05) is 26.7 Å². The monoisotopic (exact) mass is 330 g/mol. The molecule has 0 saturated heterocycles. The fraction of sp³-hybridized carbons (Fsp3) is 0.647. The molecule has 1 aliphatic carbocycles. The topological polar surface area (TPSA) is 77.6 Å². The summed E-state index contributed by atoms with van der Waals surface area (Å²) in [5.41, 5.74) is 1.49. The summed E-state index contributed by atoms with van der Waals surface area (Å²) >= 11 is 0. The molecule has 2 heterocycles. The van der Waals surface area contributed by atoms with Gasteiger partial charge in [-0.3, -0.25) is 9.48 Å². The van der Waals surface area contributed by atoms with Gasteiger partial charge >= 0.3 is 0 Å². The van der Waals surface area contributed by atoms with Crippen LogP contribution in [0.25, 0.3) is 0 Å². The number of aryl methyl sites for hydroxylation is 1. The van der Waals surface area contributed by atoms with Crippen molar-refractivity contribution in [3.05, 3.63) is 29.6 Å². The molecular weight excluding hydrogens is 304 g/mol. The molecule has 3 rings (SSSR count). The molecule has 1 unspecified atom stereocenters. The molecule has 24 heavy (non-hydrogen) atoms. The number of nitrogens with one attached hydrogen (secondary N) is 1. The Bertz CT molecular complexity index is 710. The molecule has 1 amide bonds. The molecule has 0 aromatic carbocycles. The van der Waals surface area contributed by atoms with E-state index in [0.29, 0.717) is 17.7 Å². The first kappa shape index (κ1) is 16.7. The van der Waals surface area contributed by atoms with Gasteiger partial charge in [-0.15, -0.1) is 10.2 Å². The fourth-order valence-corrected chi connectivity index (χ4v) is 3.34. The highest BCUT2D eigenvalue weighted by molar-refractivity contribution is 5.92. The fourth-order valence-electron chi connectivity index (χ4n) is 3.34. The van der Waals surface area contributed by atoms with Gasteiger partial charge in [0, 0.05) is 13.1 Å². The van der Waals surface area contributed by atoms with Crippen molar-refractivity contribution >= 4 is 5.91 Å². The summed E-state index contributed by atoms with van der Waals surface area (Å²) in [5, 5.41) is 15.7. The number of carbonyl (C=O) groups is 1. The molecule has 0 radical (unpaired) electrons. The summed E-state index contributed by atoms with van der Waals surface area (Å²) in [6.07, 6.45) is 6.59. The summed E-state index contributed by atoms with van der Waals surface area (Å²) in [7, 11) is 1.80. The van der Waals surface area contributed by atoms with E-state index in [9.17, 15) is 4.79 Å². The van der Waals surface area contributed by atoms with Crippen LogP contribution in [0.15, 0.2) is 12.4 Å². The lowest BCUT2D eigenvalue weighted by atomic mass is 10.1. The van der Waals surface area contributed by atoms with Crippen LogP contribution < -0.4 is 5.32 Å². The van der Waals surface area contributed by atoms with Crippen LogP contribution >= 0.6 is 0 Å². The van der Waals surface area contributed by atoms with Gasteiger partial charge in [0.05, 0.1) is 11.7 Å². The van der Waals surface area contributed by atoms with Gasteiger partial charge in [-0.2, -0.15) is 5.10 Å². The van der Waals surface area contributed by atoms with Gasteiger partial charge in [0.2, 0.25) is 0 Å². The Hall–Kier alpha value is -2.18. The number of hydrogen-bond acceptors (Lipinski definition) is 4. The average Bonchev–Trinajstić information content (AvgIpc) is 3.26. The van der Waals surface area contributed by atoms with E-state index in [-0.39, 0.29) is 11.9 Å². The number of carbonyl (C=O) groups excluding carboxylic acids is 1. The summed E-state index contributed by atoms with van der Waals surface area (Å²) in [5.74, 6) is 0.979. The Morgan fingerprint density at radius 1 is 1.29 bits per heavy atom. The predicted molar refractivity (Wildman–Crippen MR) is 90.7 cm³/mol. The van der Waals surface area contributed by atoms with Crippen molar-refractivity contribution < 1.29 is 4.79 Å². The molecule has 0 bridgehead atoms. The zero-order chi connectivity index (χ0) is 17.3. The van der Waals surface area contributed by atoms with Crippen molar-refractivity contribution in [3.63, 3.8) is 0 Å². The number of amides is 1. The van der Waals surface area contributed by atoms with Gasteiger partial charge < -0.3 is 9.88 Å². The number of nitrogens with zero attached hydrogens (tertiary/aromatic N) is 5. The van der Waals surface area contributed by atoms with E-state index in [4.69, 9.17) is 0 Å². The molecule has 1 saturated carbocycles. The first-order valence-electron chi connectivity index (χ1n) is 8.71. The van der Waals surface area contributed by atoms with Crippen LogP contribution in [-0.4, -0.2) is 30.5 Å². The van der Waals surface area contributed by atoms with Crippen molar-refractivity contribution in [2.24, 2.45) is 7.05 Å². The van der Waals surface area contributed by atoms with E-state index >= 15 is 0 Å². The maximum absolute atomic E-state index is 12.6. The lowest BCUT2D eigenvalue weighted by molar-refractivity contribution is 0.0927. The molecule has 1 atom stereocenters. The Labute approximate surface area is 142 Å². The second kappa shape index (κ2) is 6.75. The van der Waals surface area contributed by atoms with Crippen LogP contribution in [-0.2, 0) is 7.05 Å². The minimum Gasteiger partial charge on any atom is -0.341 e. The molecule has 0 aliphatic heterocycles. The van der Waals surface area contributed by atoms with Gasteiger partial charge in [0.25, 0.3) is 5.91 Å². The molecule has 1 fully saturated rings. The molecule has 7 heteroatoms. The minimum atomic E-state index is -0.196. The Morgan fingerprint density at radius 2 is 2.00 bits per heavy atom. The van der Waals surface area contributed by atoms with E-state index in [1.54, 1.807) is 18.1 Å². The SMILES string of the molecule is CC(C)c1cc(C(=O)NC(C)c2nncn2C2CCCC2)n(C)n1. The summed E-state index contributed by atoms with van der Waals surface area (Å²) in [6.45, 7) is 6.08. The highest BCUT2D eigenvalue weighted by atomic mass is 16.2. The van der Waals surface area contributed by atoms with Crippen LogP contribution in [0.3, 0.4) is 0 Å². The van der Waals surface area contributed by atoms with Gasteiger partial charge in [-0.05, 0) is 31.7 Å². The van der Waals surface area contributed by atoms with Crippen LogP contribution in [0.1, 0.15) is 86.5 Å². The van der Waals surface area contributed by atoms with Crippen molar-refractivity contribution in [3.8, 4) is 0 Å². The van der Waals surface area contributed by atoms with Gasteiger partial charge in [0.1, 0.15) is 12.0 Å². The highest BCUT2D eigenvalue weighted by Gasteiger charge is 2.24. The molecule has 7 nitrogen and oxygen atoms in total. The van der Waals surface area contributed by atoms with E-state index in [1.165, 1.54) is 12.8 Å². The number of aromatic nitrogens is 5.